The number of pyridine rings is 1. The molecule has 2 N–H and O–H groups in total. The fourth-order valence-electron chi connectivity index (χ4n) is 3.25. The molecule has 2 rings (SSSR count). The number of aliphatic imine (C=N–C) groups is 1. The highest BCUT2D eigenvalue weighted by molar-refractivity contribution is 5.79. The summed E-state index contributed by atoms with van der Waals surface area (Å²) in [6.45, 7) is 6.61. The van der Waals surface area contributed by atoms with Gasteiger partial charge in [0.25, 0.3) is 0 Å². The van der Waals surface area contributed by atoms with E-state index in [9.17, 15) is 0 Å². The average molecular weight is 318 g/mol. The Balaban J connectivity index is 1.84. The number of rotatable bonds is 7. The van der Waals surface area contributed by atoms with Crippen LogP contribution in [-0.2, 0) is 6.54 Å². The predicted molar refractivity (Wildman–Crippen MR) is 94.8 cm³/mol. The molecule has 0 unspecified atom stereocenters. The van der Waals surface area contributed by atoms with Gasteiger partial charge in [-0.3, -0.25) is 4.99 Å². The van der Waals surface area contributed by atoms with Crippen LogP contribution < -0.4 is 15.4 Å². The van der Waals surface area contributed by atoms with Gasteiger partial charge in [0.05, 0.1) is 6.61 Å². The van der Waals surface area contributed by atoms with Crippen molar-refractivity contribution >= 4 is 5.96 Å². The zero-order valence-electron chi connectivity index (χ0n) is 14.7. The maximum atomic E-state index is 5.44. The van der Waals surface area contributed by atoms with E-state index in [0.29, 0.717) is 24.4 Å². The van der Waals surface area contributed by atoms with Gasteiger partial charge in [0.1, 0.15) is 0 Å². The summed E-state index contributed by atoms with van der Waals surface area (Å²) in [7, 11) is 1.82. The minimum Gasteiger partial charge on any atom is -0.478 e. The van der Waals surface area contributed by atoms with Gasteiger partial charge in [-0.15, -0.1) is 0 Å². The van der Waals surface area contributed by atoms with Crippen molar-refractivity contribution in [2.24, 2.45) is 10.4 Å². The smallest absolute Gasteiger partial charge is 0.213 e. The van der Waals surface area contributed by atoms with E-state index in [4.69, 9.17) is 4.74 Å². The van der Waals surface area contributed by atoms with Crippen LogP contribution in [-0.4, -0.2) is 31.1 Å². The summed E-state index contributed by atoms with van der Waals surface area (Å²) < 4.78 is 5.44. The normalized spacial score (nSPS) is 17.1. The molecule has 23 heavy (non-hydrogen) atoms. The zero-order chi connectivity index (χ0) is 16.5. The Morgan fingerprint density at radius 1 is 1.30 bits per heavy atom. The first-order valence-electron chi connectivity index (χ1n) is 8.73. The van der Waals surface area contributed by atoms with E-state index < -0.39 is 0 Å². The van der Waals surface area contributed by atoms with Gasteiger partial charge in [0.15, 0.2) is 5.96 Å². The fraction of sp³-hybridized carbons (Fsp3) is 0.667. The van der Waals surface area contributed by atoms with E-state index in [2.05, 4.69) is 27.5 Å². The zero-order valence-corrected chi connectivity index (χ0v) is 14.7. The van der Waals surface area contributed by atoms with E-state index in [1.807, 2.05) is 26.1 Å². The van der Waals surface area contributed by atoms with Gasteiger partial charge in [0, 0.05) is 32.4 Å². The first kappa shape index (κ1) is 17.6. The maximum absolute atomic E-state index is 5.44. The van der Waals surface area contributed by atoms with Crippen LogP contribution in [0.1, 0.15) is 51.5 Å². The third kappa shape index (κ3) is 5.12. The summed E-state index contributed by atoms with van der Waals surface area (Å²) in [5.74, 6) is 1.53. The minimum absolute atomic E-state index is 0.455. The van der Waals surface area contributed by atoms with E-state index in [1.54, 1.807) is 6.20 Å². The van der Waals surface area contributed by atoms with Gasteiger partial charge in [-0.2, -0.15) is 0 Å². The Bertz CT molecular complexity index is 509. The summed E-state index contributed by atoms with van der Waals surface area (Å²) in [5, 5.41) is 6.88. The van der Waals surface area contributed by atoms with Crippen molar-refractivity contribution in [3.8, 4) is 5.88 Å². The number of aromatic nitrogens is 1. The van der Waals surface area contributed by atoms with Crippen LogP contribution in [0.2, 0.25) is 0 Å². The molecule has 5 heteroatoms. The van der Waals surface area contributed by atoms with E-state index in [1.165, 1.54) is 32.1 Å². The Hall–Kier alpha value is -1.78. The van der Waals surface area contributed by atoms with Gasteiger partial charge in [-0.05, 0) is 43.2 Å². The van der Waals surface area contributed by atoms with Gasteiger partial charge in [-0.25, -0.2) is 4.98 Å². The summed E-state index contributed by atoms with van der Waals surface area (Å²) in [5.41, 5.74) is 1.59. The average Bonchev–Trinajstić information content (AvgIpc) is 3.05. The molecule has 0 saturated heterocycles. The SMILES string of the molecule is CCOc1cc(CNC(=NC)NCC2(CC)CCCC2)ccn1. The highest BCUT2D eigenvalue weighted by Gasteiger charge is 2.31. The molecule has 0 amide bonds. The molecule has 0 aromatic carbocycles. The van der Waals surface area contributed by atoms with E-state index >= 15 is 0 Å². The quantitative estimate of drug-likeness (QED) is 0.599. The van der Waals surface area contributed by atoms with Crippen LogP contribution in [0.3, 0.4) is 0 Å². The number of ether oxygens (including phenoxy) is 1. The summed E-state index contributed by atoms with van der Waals surface area (Å²) in [6.07, 6.45) is 8.39. The largest absolute Gasteiger partial charge is 0.478 e. The van der Waals surface area contributed by atoms with Crippen molar-refractivity contribution in [2.75, 3.05) is 20.2 Å². The number of hydrogen-bond donors (Lipinski definition) is 2. The molecule has 0 radical (unpaired) electrons. The minimum atomic E-state index is 0.455. The molecule has 0 spiro atoms. The first-order chi connectivity index (χ1) is 11.2. The number of nitrogens with zero attached hydrogens (tertiary/aromatic N) is 2. The molecular formula is C18H30N4O. The van der Waals surface area contributed by atoms with Crippen molar-refractivity contribution in [3.63, 3.8) is 0 Å². The molecule has 128 valence electrons. The van der Waals surface area contributed by atoms with Crippen molar-refractivity contribution in [3.05, 3.63) is 23.9 Å². The van der Waals surface area contributed by atoms with Crippen LogP contribution in [0.15, 0.2) is 23.3 Å². The van der Waals surface area contributed by atoms with E-state index in [-0.39, 0.29) is 0 Å². The lowest BCUT2D eigenvalue weighted by atomic mass is 9.83. The van der Waals surface area contributed by atoms with Gasteiger partial charge in [-0.1, -0.05) is 19.8 Å². The molecule has 0 bridgehead atoms. The molecule has 0 aliphatic heterocycles. The number of hydrogen-bond acceptors (Lipinski definition) is 3. The Morgan fingerprint density at radius 2 is 2.09 bits per heavy atom. The third-order valence-corrected chi connectivity index (χ3v) is 4.82. The van der Waals surface area contributed by atoms with Crippen molar-refractivity contribution < 1.29 is 4.74 Å². The van der Waals surface area contributed by atoms with Gasteiger partial charge in [0.2, 0.25) is 5.88 Å². The standard InChI is InChI=1S/C18H30N4O/c1-4-18(9-6-7-10-18)14-22-17(19-3)21-13-15-8-11-20-16(12-15)23-5-2/h8,11-12H,4-7,9-10,13-14H2,1-3H3,(H2,19,21,22). The molecule has 1 aliphatic rings. The molecule has 1 fully saturated rings. The lowest BCUT2D eigenvalue weighted by molar-refractivity contribution is 0.283. The lowest BCUT2D eigenvalue weighted by Gasteiger charge is -2.28. The van der Waals surface area contributed by atoms with Crippen LogP contribution >= 0.6 is 0 Å². The highest BCUT2D eigenvalue weighted by Crippen LogP contribution is 2.40. The Kier molecular flexibility index (Phi) is 6.68. The number of guanidine groups is 1. The topological polar surface area (TPSA) is 58.5 Å². The summed E-state index contributed by atoms with van der Waals surface area (Å²) in [4.78, 5) is 8.53. The maximum Gasteiger partial charge on any atom is 0.213 e. The highest BCUT2D eigenvalue weighted by atomic mass is 16.5. The molecular weight excluding hydrogens is 288 g/mol. The van der Waals surface area contributed by atoms with Crippen LogP contribution in [0, 0.1) is 5.41 Å². The van der Waals surface area contributed by atoms with Crippen molar-refractivity contribution in [2.45, 2.75) is 52.5 Å². The molecule has 1 aliphatic carbocycles. The third-order valence-electron chi connectivity index (χ3n) is 4.82. The molecule has 1 aromatic rings. The molecule has 5 nitrogen and oxygen atoms in total. The van der Waals surface area contributed by atoms with Crippen molar-refractivity contribution in [1.82, 2.24) is 15.6 Å². The Morgan fingerprint density at radius 3 is 2.74 bits per heavy atom. The fourth-order valence-corrected chi connectivity index (χ4v) is 3.25. The second kappa shape index (κ2) is 8.75. The summed E-state index contributed by atoms with van der Waals surface area (Å²) >= 11 is 0. The number of nitrogens with one attached hydrogen (secondary N) is 2. The lowest BCUT2D eigenvalue weighted by Crippen LogP contribution is -2.42. The molecule has 1 heterocycles. The molecule has 1 aromatic heterocycles. The first-order valence-corrected chi connectivity index (χ1v) is 8.73. The second-order valence-corrected chi connectivity index (χ2v) is 6.28. The molecule has 1 saturated carbocycles. The molecule has 0 atom stereocenters. The van der Waals surface area contributed by atoms with Gasteiger partial charge < -0.3 is 15.4 Å². The van der Waals surface area contributed by atoms with Crippen LogP contribution in [0.4, 0.5) is 0 Å². The van der Waals surface area contributed by atoms with Crippen LogP contribution in [0.5, 0.6) is 5.88 Å². The van der Waals surface area contributed by atoms with E-state index in [0.717, 1.165) is 18.1 Å². The van der Waals surface area contributed by atoms with Crippen molar-refractivity contribution in [1.29, 1.82) is 0 Å². The Labute approximate surface area is 139 Å². The van der Waals surface area contributed by atoms with Gasteiger partial charge >= 0.3 is 0 Å². The van der Waals surface area contributed by atoms with Crippen LogP contribution in [0.25, 0.3) is 0 Å². The second-order valence-electron chi connectivity index (χ2n) is 6.28. The monoisotopic (exact) mass is 318 g/mol. The summed E-state index contributed by atoms with van der Waals surface area (Å²) in [6, 6.07) is 3.96. The predicted octanol–water partition coefficient (Wildman–Crippen LogP) is 3.12.